The van der Waals surface area contributed by atoms with Crippen LogP contribution in [-0.2, 0) is 0 Å². The van der Waals surface area contributed by atoms with Gasteiger partial charge in [-0.25, -0.2) is 0 Å². The number of halogens is 1. The molecule has 0 aromatic heterocycles. The number of hydrogen-bond acceptors (Lipinski definition) is 1. The normalized spacial score (nSPS) is 13.3. The highest BCUT2D eigenvalue weighted by Crippen LogP contribution is 2.23. The molecule has 0 bridgehead atoms. The summed E-state index contributed by atoms with van der Waals surface area (Å²) in [6.45, 7) is 4.39. The van der Waals surface area contributed by atoms with Crippen LogP contribution in [0.3, 0.4) is 0 Å². The third kappa shape index (κ3) is 2.71. The van der Waals surface area contributed by atoms with Crippen LogP contribution < -0.4 is 5.32 Å². The summed E-state index contributed by atoms with van der Waals surface area (Å²) in [6.07, 6.45) is 0. The Labute approximate surface area is 85.1 Å². The summed E-state index contributed by atoms with van der Waals surface area (Å²) >= 11 is 5.92. The van der Waals surface area contributed by atoms with E-state index in [0.29, 0.717) is 12.0 Å². The van der Waals surface area contributed by atoms with Gasteiger partial charge in [-0.2, -0.15) is 0 Å². The summed E-state index contributed by atoms with van der Waals surface area (Å²) in [5, 5.41) is 4.09. The highest BCUT2D eigenvalue weighted by atomic mass is 35.5. The molecular formula is C11H16ClN. The number of benzene rings is 1. The fourth-order valence-electron chi connectivity index (χ4n) is 1.58. The second-order valence-electron chi connectivity index (χ2n) is 3.57. The fraction of sp³-hybridized carbons (Fsp3) is 0.455. The van der Waals surface area contributed by atoms with Gasteiger partial charge in [-0.05, 0) is 30.7 Å². The van der Waals surface area contributed by atoms with Crippen molar-refractivity contribution in [1.29, 1.82) is 0 Å². The maximum Gasteiger partial charge on any atom is 0.0409 e. The molecule has 0 amide bonds. The summed E-state index contributed by atoms with van der Waals surface area (Å²) in [5.41, 5.74) is 1.25. The lowest BCUT2D eigenvalue weighted by atomic mass is 9.96. The molecule has 1 aromatic rings. The molecule has 0 aliphatic heterocycles. The molecule has 1 rings (SSSR count). The predicted octanol–water partition coefficient (Wildman–Crippen LogP) is 3.26. The zero-order valence-electron chi connectivity index (χ0n) is 8.34. The van der Waals surface area contributed by atoms with Gasteiger partial charge in [-0.15, -0.1) is 0 Å². The molecule has 2 heteroatoms. The second-order valence-corrected chi connectivity index (χ2v) is 4.00. The lowest BCUT2D eigenvalue weighted by Gasteiger charge is -2.20. The first kappa shape index (κ1) is 10.6. The van der Waals surface area contributed by atoms with Gasteiger partial charge in [0.05, 0.1) is 0 Å². The van der Waals surface area contributed by atoms with Crippen molar-refractivity contribution in [3.63, 3.8) is 0 Å². The van der Waals surface area contributed by atoms with Crippen molar-refractivity contribution >= 4 is 11.6 Å². The molecule has 0 saturated carbocycles. The van der Waals surface area contributed by atoms with Crippen LogP contribution >= 0.6 is 11.6 Å². The van der Waals surface area contributed by atoms with Crippen molar-refractivity contribution in [2.45, 2.75) is 19.9 Å². The van der Waals surface area contributed by atoms with E-state index < -0.39 is 0 Å². The van der Waals surface area contributed by atoms with Crippen molar-refractivity contribution in [2.75, 3.05) is 7.05 Å². The zero-order chi connectivity index (χ0) is 9.84. The van der Waals surface area contributed by atoms with E-state index in [4.69, 9.17) is 11.6 Å². The van der Waals surface area contributed by atoms with Gasteiger partial charge in [-0.3, -0.25) is 0 Å². The lowest BCUT2D eigenvalue weighted by Crippen LogP contribution is -2.21. The molecular weight excluding hydrogens is 182 g/mol. The van der Waals surface area contributed by atoms with Gasteiger partial charge >= 0.3 is 0 Å². The molecule has 1 aromatic carbocycles. The van der Waals surface area contributed by atoms with Crippen LogP contribution in [0.25, 0.3) is 0 Å². The summed E-state index contributed by atoms with van der Waals surface area (Å²) in [4.78, 5) is 0. The number of hydrogen-bond donors (Lipinski definition) is 1. The lowest BCUT2D eigenvalue weighted by molar-refractivity contribution is 0.443. The summed E-state index contributed by atoms with van der Waals surface area (Å²) in [6, 6.07) is 8.40. The molecule has 1 unspecified atom stereocenters. The second kappa shape index (κ2) is 4.64. The van der Waals surface area contributed by atoms with E-state index in [1.165, 1.54) is 5.56 Å². The van der Waals surface area contributed by atoms with Gasteiger partial charge < -0.3 is 5.32 Å². The van der Waals surface area contributed by atoms with Gasteiger partial charge in [0.2, 0.25) is 0 Å². The van der Waals surface area contributed by atoms with Crippen LogP contribution in [0.15, 0.2) is 24.3 Å². The van der Waals surface area contributed by atoms with E-state index in [9.17, 15) is 0 Å². The van der Waals surface area contributed by atoms with Crippen LogP contribution in [-0.4, -0.2) is 7.05 Å². The van der Waals surface area contributed by atoms with Gasteiger partial charge in [0, 0.05) is 11.1 Å². The molecule has 0 saturated heterocycles. The molecule has 0 fully saturated rings. The molecule has 0 aliphatic carbocycles. The van der Waals surface area contributed by atoms with E-state index in [1.54, 1.807) is 0 Å². The molecule has 72 valence electrons. The Bertz CT molecular complexity index is 271. The Balaban J connectivity index is 2.91. The van der Waals surface area contributed by atoms with Gasteiger partial charge in [0.25, 0.3) is 0 Å². The Morgan fingerprint density at radius 2 is 2.00 bits per heavy atom. The van der Waals surface area contributed by atoms with Crippen LogP contribution in [0, 0.1) is 5.92 Å². The Hall–Kier alpha value is -0.530. The SMILES string of the molecule is CNC(c1cccc(Cl)c1)C(C)C. The maximum absolute atomic E-state index is 5.92. The summed E-state index contributed by atoms with van der Waals surface area (Å²) < 4.78 is 0. The summed E-state index contributed by atoms with van der Waals surface area (Å²) in [7, 11) is 1.98. The fourth-order valence-corrected chi connectivity index (χ4v) is 1.78. The topological polar surface area (TPSA) is 12.0 Å². The average Bonchev–Trinajstić information content (AvgIpc) is 2.04. The highest BCUT2D eigenvalue weighted by molar-refractivity contribution is 6.30. The van der Waals surface area contributed by atoms with E-state index >= 15 is 0 Å². The Morgan fingerprint density at radius 1 is 1.31 bits per heavy atom. The van der Waals surface area contributed by atoms with Crippen LogP contribution in [0.2, 0.25) is 5.02 Å². The number of nitrogens with one attached hydrogen (secondary N) is 1. The zero-order valence-corrected chi connectivity index (χ0v) is 9.10. The van der Waals surface area contributed by atoms with E-state index in [1.807, 2.05) is 25.2 Å². The van der Waals surface area contributed by atoms with Crippen molar-refractivity contribution in [3.8, 4) is 0 Å². The van der Waals surface area contributed by atoms with Crippen molar-refractivity contribution in [3.05, 3.63) is 34.9 Å². The van der Waals surface area contributed by atoms with Crippen LogP contribution in [0.5, 0.6) is 0 Å². The van der Waals surface area contributed by atoms with Gasteiger partial charge in [0.1, 0.15) is 0 Å². The molecule has 0 spiro atoms. The average molecular weight is 198 g/mol. The van der Waals surface area contributed by atoms with E-state index in [2.05, 4.69) is 25.2 Å². The molecule has 0 heterocycles. The first-order chi connectivity index (χ1) is 6.15. The van der Waals surface area contributed by atoms with E-state index in [0.717, 1.165) is 5.02 Å². The monoisotopic (exact) mass is 197 g/mol. The minimum absolute atomic E-state index is 0.388. The molecule has 0 aliphatic rings. The van der Waals surface area contributed by atoms with Crippen LogP contribution in [0.1, 0.15) is 25.5 Å². The first-order valence-electron chi connectivity index (χ1n) is 4.58. The van der Waals surface area contributed by atoms with Gasteiger partial charge in [-0.1, -0.05) is 37.6 Å². The largest absolute Gasteiger partial charge is 0.313 e. The van der Waals surface area contributed by atoms with Gasteiger partial charge in [0.15, 0.2) is 0 Å². The Morgan fingerprint density at radius 3 is 2.46 bits per heavy atom. The minimum atomic E-state index is 0.388. The summed E-state index contributed by atoms with van der Waals surface area (Å²) in [5.74, 6) is 0.573. The van der Waals surface area contributed by atoms with Crippen molar-refractivity contribution < 1.29 is 0 Å². The predicted molar refractivity (Wildman–Crippen MR) is 58.1 cm³/mol. The third-order valence-corrected chi connectivity index (χ3v) is 2.42. The minimum Gasteiger partial charge on any atom is -0.313 e. The molecule has 1 N–H and O–H groups in total. The van der Waals surface area contributed by atoms with Crippen molar-refractivity contribution in [1.82, 2.24) is 5.32 Å². The van der Waals surface area contributed by atoms with Crippen LogP contribution in [0.4, 0.5) is 0 Å². The quantitative estimate of drug-likeness (QED) is 0.785. The first-order valence-corrected chi connectivity index (χ1v) is 4.95. The maximum atomic E-state index is 5.92. The Kier molecular flexibility index (Phi) is 3.76. The van der Waals surface area contributed by atoms with Crippen molar-refractivity contribution in [2.24, 2.45) is 5.92 Å². The molecule has 1 atom stereocenters. The molecule has 1 nitrogen and oxygen atoms in total. The van der Waals surface area contributed by atoms with E-state index in [-0.39, 0.29) is 0 Å². The third-order valence-electron chi connectivity index (χ3n) is 2.19. The molecule has 0 radical (unpaired) electrons. The number of rotatable bonds is 3. The standard InChI is InChI=1S/C11H16ClN/c1-8(2)11(13-3)9-5-4-6-10(12)7-9/h4-8,11,13H,1-3H3. The highest BCUT2D eigenvalue weighted by Gasteiger charge is 2.12. The molecule has 13 heavy (non-hydrogen) atoms. The smallest absolute Gasteiger partial charge is 0.0409 e.